The van der Waals surface area contributed by atoms with Crippen LogP contribution in [0.25, 0.3) is 0 Å². The van der Waals surface area contributed by atoms with Crippen molar-refractivity contribution in [1.29, 1.82) is 0 Å². The molecule has 0 amide bonds. The van der Waals surface area contributed by atoms with Crippen LogP contribution in [-0.2, 0) is 11.3 Å². The molecule has 1 saturated carbocycles. The second-order valence-corrected chi connectivity index (χ2v) is 7.19. The minimum Gasteiger partial charge on any atom is -0.393 e. The Hall–Kier alpha value is -2.25. The van der Waals surface area contributed by atoms with Crippen molar-refractivity contribution in [3.05, 3.63) is 41.9 Å². The van der Waals surface area contributed by atoms with E-state index in [0.29, 0.717) is 18.5 Å². The predicted molar refractivity (Wildman–Crippen MR) is 98.7 cm³/mol. The summed E-state index contributed by atoms with van der Waals surface area (Å²) in [7, 11) is 0. The third-order valence-electron chi connectivity index (χ3n) is 5.26. The molecule has 1 aliphatic heterocycles. The zero-order valence-electron chi connectivity index (χ0n) is 14.8. The van der Waals surface area contributed by atoms with Gasteiger partial charge in [0.1, 0.15) is 5.82 Å². The number of hydrogen-bond acceptors (Lipinski definition) is 7. The molecular weight excluding hydrogens is 330 g/mol. The zero-order chi connectivity index (χ0) is 17.9. The van der Waals surface area contributed by atoms with Crippen LogP contribution in [0.3, 0.4) is 0 Å². The molecule has 7 heteroatoms. The highest BCUT2D eigenvalue weighted by Crippen LogP contribution is 2.37. The first-order valence-corrected chi connectivity index (χ1v) is 9.25. The van der Waals surface area contributed by atoms with E-state index >= 15 is 0 Å². The molecule has 0 radical (unpaired) electrons. The quantitative estimate of drug-likeness (QED) is 0.845. The van der Waals surface area contributed by atoms with Gasteiger partial charge in [-0.1, -0.05) is 6.07 Å². The third kappa shape index (κ3) is 3.94. The zero-order valence-corrected chi connectivity index (χ0v) is 14.8. The molecule has 7 nitrogen and oxygen atoms in total. The summed E-state index contributed by atoms with van der Waals surface area (Å²) >= 11 is 0. The number of rotatable bonds is 5. The third-order valence-corrected chi connectivity index (χ3v) is 5.26. The fraction of sp³-hybridized carbons (Fsp3) is 0.526. The highest BCUT2D eigenvalue weighted by Gasteiger charge is 2.31. The fourth-order valence-electron chi connectivity index (χ4n) is 3.62. The second kappa shape index (κ2) is 7.55. The Morgan fingerprint density at radius 3 is 2.73 bits per heavy atom. The van der Waals surface area contributed by atoms with Gasteiger partial charge in [0.25, 0.3) is 0 Å². The number of ether oxygens (including phenoxy) is 1. The number of nitrogens with zero attached hydrogens (tertiary/aromatic N) is 4. The van der Waals surface area contributed by atoms with Crippen molar-refractivity contribution >= 4 is 11.8 Å². The van der Waals surface area contributed by atoms with Gasteiger partial charge in [-0.25, -0.2) is 4.98 Å². The minimum absolute atomic E-state index is 0.202. The van der Waals surface area contributed by atoms with E-state index in [-0.39, 0.29) is 12.2 Å². The molecule has 0 aromatic carbocycles. The van der Waals surface area contributed by atoms with E-state index in [2.05, 4.69) is 19.9 Å². The number of hydrogen-bond donors (Lipinski definition) is 2. The number of pyridine rings is 1. The number of aliphatic hydroxyl groups is 1. The molecular formula is C19H25N5O2. The van der Waals surface area contributed by atoms with Gasteiger partial charge >= 0.3 is 0 Å². The Morgan fingerprint density at radius 2 is 2.04 bits per heavy atom. The molecule has 0 atom stereocenters. The molecule has 3 heterocycles. The molecule has 2 aromatic rings. The normalized spacial score (nSPS) is 23.7. The van der Waals surface area contributed by atoms with E-state index in [1.54, 1.807) is 6.20 Å². The van der Waals surface area contributed by atoms with Crippen molar-refractivity contribution in [2.24, 2.45) is 0 Å². The van der Waals surface area contributed by atoms with Crippen molar-refractivity contribution in [2.75, 3.05) is 23.7 Å². The van der Waals surface area contributed by atoms with Gasteiger partial charge in [-0.2, -0.15) is 4.98 Å². The van der Waals surface area contributed by atoms with E-state index in [1.807, 2.05) is 24.4 Å². The minimum atomic E-state index is -0.202. The van der Waals surface area contributed by atoms with E-state index in [1.165, 1.54) is 0 Å². The van der Waals surface area contributed by atoms with E-state index in [9.17, 15) is 5.11 Å². The van der Waals surface area contributed by atoms with Gasteiger partial charge in [-0.3, -0.25) is 4.98 Å². The maximum atomic E-state index is 9.53. The first kappa shape index (κ1) is 17.2. The Morgan fingerprint density at radius 1 is 1.23 bits per heavy atom. The van der Waals surface area contributed by atoms with Crippen LogP contribution in [0, 0.1) is 0 Å². The summed E-state index contributed by atoms with van der Waals surface area (Å²) in [6.07, 6.45) is 7.12. The molecule has 2 fully saturated rings. The van der Waals surface area contributed by atoms with Crippen LogP contribution in [-0.4, -0.2) is 45.4 Å². The SMILES string of the molecule is Nc1nc(C2CC(O)C2)cc(N2CCC(OCc3cccnc3)CC2)n1. The molecule has 2 aliphatic rings. The standard InChI is InChI=1S/C19H25N5O2/c20-19-22-17(14-8-15(25)9-14)10-18(23-19)24-6-3-16(4-7-24)26-12-13-2-1-5-21-11-13/h1-2,5,10-11,14-16,25H,3-4,6-9,12H2,(H2,20,22,23). The highest BCUT2D eigenvalue weighted by molar-refractivity contribution is 5.45. The molecule has 1 aliphatic carbocycles. The van der Waals surface area contributed by atoms with Crippen LogP contribution >= 0.6 is 0 Å². The summed E-state index contributed by atoms with van der Waals surface area (Å²) < 4.78 is 6.03. The highest BCUT2D eigenvalue weighted by atomic mass is 16.5. The molecule has 0 spiro atoms. The summed E-state index contributed by atoms with van der Waals surface area (Å²) in [5, 5.41) is 9.53. The lowest BCUT2D eigenvalue weighted by molar-refractivity contribution is 0.0249. The first-order chi connectivity index (χ1) is 12.7. The number of anilines is 2. The van der Waals surface area contributed by atoms with Gasteiger partial charge in [0, 0.05) is 37.5 Å². The lowest BCUT2D eigenvalue weighted by Gasteiger charge is -2.34. The maximum absolute atomic E-state index is 9.53. The molecule has 2 aromatic heterocycles. The predicted octanol–water partition coefficient (Wildman–Crippen LogP) is 1.88. The van der Waals surface area contributed by atoms with Gasteiger partial charge in [0.15, 0.2) is 0 Å². The molecule has 0 bridgehead atoms. The summed E-state index contributed by atoms with van der Waals surface area (Å²) in [5.41, 5.74) is 7.97. The monoisotopic (exact) mass is 355 g/mol. The number of nitrogen functional groups attached to an aromatic ring is 1. The van der Waals surface area contributed by atoms with Gasteiger partial charge in [-0.05, 0) is 37.3 Å². The number of nitrogens with two attached hydrogens (primary N) is 1. The van der Waals surface area contributed by atoms with E-state index < -0.39 is 0 Å². The first-order valence-electron chi connectivity index (χ1n) is 9.25. The van der Waals surface area contributed by atoms with Crippen LogP contribution in [0.5, 0.6) is 0 Å². The van der Waals surface area contributed by atoms with Crippen molar-refractivity contribution in [3.8, 4) is 0 Å². The Labute approximate surface area is 153 Å². The number of piperidine rings is 1. The average Bonchev–Trinajstić information content (AvgIpc) is 2.64. The van der Waals surface area contributed by atoms with Gasteiger partial charge < -0.3 is 20.5 Å². The maximum Gasteiger partial charge on any atom is 0.222 e. The summed E-state index contributed by atoms with van der Waals surface area (Å²) in [6, 6.07) is 5.99. The van der Waals surface area contributed by atoms with Gasteiger partial charge in [0.05, 0.1) is 24.5 Å². The van der Waals surface area contributed by atoms with Crippen molar-refractivity contribution in [2.45, 2.75) is 50.4 Å². The topological polar surface area (TPSA) is 97.4 Å². The van der Waals surface area contributed by atoms with Gasteiger partial charge in [0.2, 0.25) is 5.95 Å². The van der Waals surface area contributed by atoms with Crippen molar-refractivity contribution < 1.29 is 9.84 Å². The molecule has 1 saturated heterocycles. The lowest BCUT2D eigenvalue weighted by Crippen LogP contribution is -2.38. The lowest BCUT2D eigenvalue weighted by atomic mass is 9.80. The average molecular weight is 355 g/mol. The van der Waals surface area contributed by atoms with Crippen molar-refractivity contribution in [1.82, 2.24) is 15.0 Å². The van der Waals surface area contributed by atoms with Crippen LogP contribution in [0.2, 0.25) is 0 Å². The van der Waals surface area contributed by atoms with Crippen molar-refractivity contribution in [3.63, 3.8) is 0 Å². The van der Waals surface area contributed by atoms with Crippen LogP contribution in [0.15, 0.2) is 30.6 Å². The molecule has 26 heavy (non-hydrogen) atoms. The van der Waals surface area contributed by atoms with Crippen LogP contribution < -0.4 is 10.6 Å². The van der Waals surface area contributed by atoms with Crippen LogP contribution in [0.1, 0.15) is 42.9 Å². The van der Waals surface area contributed by atoms with Gasteiger partial charge in [-0.15, -0.1) is 0 Å². The molecule has 138 valence electrons. The fourth-order valence-corrected chi connectivity index (χ4v) is 3.62. The van der Waals surface area contributed by atoms with E-state index in [4.69, 9.17) is 10.5 Å². The molecule has 0 unspecified atom stereocenters. The number of aromatic nitrogens is 3. The van der Waals surface area contributed by atoms with Crippen LogP contribution in [0.4, 0.5) is 11.8 Å². The molecule has 4 rings (SSSR count). The largest absolute Gasteiger partial charge is 0.393 e. The summed E-state index contributed by atoms with van der Waals surface area (Å²) in [6.45, 7) is 2.38. The Kier molecular flexibility index (Phi) is 4.99. The molecule has 3 N–H and O–H groups in total. The Bertz CT molecular complexity index is 728. The Balaban J connectivity index is 1.33. The number of aliphatic hydroxyl groups excluding tert-OH is 1. The summed E-state index contributed by atoms with van der Waals surface area (Å²) in [4.78, 5) is 15.1. The second-order valence-electron chi connectivity index (χ2n) is 7.19. The van der Waals surface area contributed by atoms with E-state index in [0.717, 1.165) is 55.8 Å². The smallest absolute Gasteiger partial charge is 0.222 e. The summed E-state index contributed by atoms with van der Waals surface area (Å²) in [5.74, 6) is 1.50.